The second kappa shape index (κ2) is 10.5. The monoisotopic (exact) mass is 470 g/mol. The molecule has 1 atom stereocenters. The highest BCUT2D eigenvalue weighted by molar-refractivity contribution is 6.06. The lowest BCUT2D eigenvalue weighted by Gasteiger charge is -2.19. The molecule has 0 bridgehead atoms. The van der Waals surface area contributed by atoms with Crippen molar-refractivity contribution in [2.75, 3.05) is 17.2 Å². The highest BCUT2D eigenvalue weighted by Crippen LogP contribution is 2.29. The van der Waals surface area contributed by atoms with Crippen LogP contribution in [-0.2, 0) is 9.53 Å². The molecule has 4 aromatic rings. The SMILES string of the molecule is CCOC(=O)CC(c1ccccc1)n1cnc2ccc(NC(=O)c3cccc(NC(=N)N)c3)cc21. The highest BCUT2D eigenvalue weighted by atomic mass is 16.5. The first-order chi connectivity index (χ1) is 16.9. The van der Waals surface area contributed by atoms with Crippen molar-refractivity contribution in [3.8, 4) is 0 Å². The van der Waals surface area contributed by atoms with Crippen LogP contribution < -0.4 is 16.4 Å². The molecule has 0 spiro atoms. The molecule has 4 rings (SSSR count). The molecular formula is C26H26N6O3. The Labute approximate surface area is 202 Å². The molecule has 1 aromatic heterocycles. The van der Waals surface area contributed by atoms with Crippen LogP contribution >= 0.6 is 0 Å². The Morgan fingerprint density at radius 1 is 1.03 bits per heavy atom. The average Bonchev–Trinajstić information content (AvgIpc) is 3.26. The van der Waals surface area contributed by atoms with Crippen LogP contribution in [0.1, 0.15) is 35.3 Å². The van der Waals surface area contributed by atoms with E-state index in [-0.39, 0.29) is 30.3 Å². The molecule has 0 aliphatic carbocycles. The van der Waals surface area contributed by atoms with Crippen LogP contribution in [0.2, 0.25) is 0 Å². The first kappa shape index (κ1) is 23.5. The van der Waals surface area contributed by atoms with Crippen molar-refractivity contribution >= 4 is 40.2 Å². The maximum absolute atomic E-state index is 12.9. The lowest BCUT2D eigenvalue weighted by Crippen LogP contribution is -2.21. The zero-order valence-corrected chi connectivity index (χ0v) is 19.2. The molecule has 0 saturated carbocycles. The van der Waals surface area contributed by atoms with E-state index in [1.54, 1.807) is 43.6 Å². The fraction of sp³-hybridized carbons (Fsp3) is 0.154. The van der Waals surface area contributed by atoms with Crippen molar-refractivity contribution in [1.82, 2.24) is 9.55 Å². The summed E-state index contributed by atoms with van der Waals surface area (Å²) in [6, 6.07) is 21.5. The summed E-state index contributed by atoms with van der Waals surface area (Å²) in [6.45, 7) is 2.09. The lowest BCUT2D eigenvalue weighted by molar-refractivity contribution is -0.143. The van der Waals surface area contributed by atoms with E-state index in [0.29, 0.717) is 23.5 Å². The summed E-state index contributed by atoms with van der Waals surface area (Å²) in [4.78, 5) is 29.8. The summed E-state index contributed by atoms with van der Waals surface area (Å²) in [5, 5.41) is 12.9. The molecule has 1 unspecified atom stereocenters. The molecule has 9 heteroatoms. The van der Waals surface area contributed by atoms with Gasteiger partial charge in [-0.2, -0.15) is 0 Å². The molecule has 0 aliphatic heterocycles. The first-order valence-electron chi connectivity index (χ1n) is 11.1. The Kier molecular flexibility index (Phi) is 7.06. The lowest BCUT2D eigenvalue weighted by atomic mass is 10.0. The standard InChI is InChI=1S/C26H26N6O3/c1-2-35-24(33)15-22(17-7-4-3-5-8-17)32-16-29-21-12-11-20(14-23(21)32)30-25(34)18-9-6-10-19(13-18)31-26(27)28/h3-14,16,22H,2,15H2,1H3,(H,30,34)(H4,27,28,31). The number of aromatic nitrogens is 2. The van der Waals surface area contributed by atoms with Gasteiger partial charge in [-0.1, -0.05) is 36.4 Å². The van der Waals surface area contributed by atoms with E-state index >= 15 is 0 Å². The third-order valence-electron chi connectivity index (χ3n) is 5.42. The van der Waals surface area contributed by atoms with Gasteiger partial charge < -0.3 is 25.7 Å². The molecule has 0 saturated heterocycles. The summed E-state index contributed by atoms with van der Waals surface area (Å²) >= 11 is 0. The van der Waals surface area contributed by atoms with Crippen LogP contribution in [0.4, 0.5) is 11.4 Å². The van der Waals surface area contributed by atoms with Crippen molar-refractivity contribution in [3.63, 3.8) is 0 Å². The number of hydrogen-bond acceptors (Lipinski definition) is 5. The van der Waals surface area contributed by atoms with Gasteiger partial charge in [0.1, 0.15) is 0 Å². The molecule has 0 radical (unpaired) electrons. The van der Waals surface area contributed by atoms with Crippen molar-refractivity contribution < 1.29 is 14.3 Å². The zero-order chi connectivity index (χ0) is 24.8. The van der Waals surface area contributed by atoms with E-state index in [2.05, 4.69) is 15.6 Å². The number of guanidine groups is 1. The predicted molar refractivity (Wildman–Crippen MR) is 135 cm³/mol. The van der Waals surface area contributed by atoms with Gasteiger partial charge in [-0.3, -0.25) is 15.0 Å². The number of fused-ring (bicyclic) bond motifs is 1. The minimum atomic E-state index is -0.319. The minimum Gasteiger partial charge on any atom is -0.466 e. The van der Waals surface area contributed by atoms with Gasteiger partial charge in [0.2, 0.25) is 0 Å². The number of ether oxygens (including phenoxy) is 1. The third kappa shape index (κ3) is 5.64. The van der Waals surface area contributed by atoms with E-state index in [1.165, 1.54) is 0 Å². The number of carbonyl (C=O) groups excluding carboxylic acids is 2. The van der Waals surface area contributed by atoms with Crippen LogP contribution in [0.25, 0.3) is 11.0 Å². The van der Waals surface area contributed by atoms with Gasteiger partial charge >= 0.3 is 5.97 Å². The highest BCUT2D eigenvalue weighted by Gasteiger charge is 2.21. The second-order valence-corrected chi connectivity index (χ2v) is 7.86. The van der Waals surface area contributed by atoms with Crippen molar-refractivity contribution in [2.45, 2.75) is 19.4 Å². The summed E-state index contributed by atoms with van der Waals surface area (Å²) in [7, 11) is 0. The molecule has 0 fully saturated rings. The van der Waals surface area contributed by atoms with Gasteiger partial charge in [-0.15, -0.1) is 0 Å². The van der Waals surface area contributed by atoms with Crippen LogP contribution in [0.3, 0.4) is 0 Å². The molecule has 0 aliphatic rings. The predicted octanol–water partition coefficient (Wildman–Crippen LogP) is 4.14. The number of carbonyl (C=O) groups is 2. The van der Waals surface area contributed by atoms with Crippen LogP contribution in [-0.4, -0.2) is 34.0 Å². The van der Waals surface area contributed by atoms with Gasteiger partial charge in [-0.25, -0.2) is 4.98 Å². The summed E-state index contributed by atoms with van der Waals surface area (Å²) < 4.78 is 7.13. The second-order valence-electron chi connectivity index (χ2n) is 7.86. The molecule has 178 valence electrons. The number of nitrogens with zero attached hydrogens (tertiary/aromatic N) is 2. The Bertz CT molecular complexity index is 1370. The summed E-state index contributed by atoms with van der Waals surface area (Å²) in [5.74, 6) is -0.822. The van der Waals surface area contributed by atoms with E-state index < -0.39 is 0 Å². The van der Waals surface area contributed by atoms with Gasteiger partial charge in [-0.05, 0) is 48.9 Å². The maximum Gasteiger partial charge on any atom is 0.308 e. The average molecular weight is 471 g/mol. The Morgan fingerprint density at radius 2 is 1.80 bits per heavy atom. The molecule has 35 heavy (non-hydrogen) atoms. The number of imidazole rings is 1. The van der Waals surface area contributed by atoms with Gasteiger partial charge in [0.25, 0.3) is 5.91 Å². The fourth-order valence-electron chi connectivity index (χ4n) is 3.88. The third-order valence-corrected chi connectivity index (χ3v) is 5.42. The Balaban J connectivity index is 1.64. The number of rotatable bonds is 8. The van der Waals surface area contributed by atoms with Gasteiger partial charge in [0.15, 0.2) is 5.96 Å². The van der Waals surface area contributed by atoms with Gasteiger partial charge in [0, 0.05) is 16.9 Å². The molecule has 3 aromatic carbocycles. The first-order valence-corrected chi connectivity index (χ1v) is 11.1. The Hall–Kier alpha value is -4.66. The number of nitrogens with two attached hydrogens (primary N) is 1. The molecular weight excluding hydrogens is 444 g/mol. The van der Waals surface area contributed by atoms with Crippen molar-refractivity contribution in [3.05, 3.63) is 90.3 Å². The number of esters is 1. The quantitative estimate of drug-likeness (QED) is 0.174. The molecule has 1 heterocycles. The normalized spacial score (nSPS) is 11.6. The molecule has 5 N–H and O–H groups in total. The number of anilines is 2. The van der Waals surface area contributed by atoms with E-state index in [4.69, 9.17) is 15.9 Å². The smallest absolute Gasteiger partial charge is 0.308 e. The van der Waals surface area contributed by atoms with E-state index in [9.17, 15) is 9.59 Å². The Morgan fingerprint density at radius 3 is 2.54 bits per heavy atom. The summed E-state index contributed by atoms with van der Waals surface area (Å²) in [6.07, 6.45) is 1.85. The van der Waals surface area contributed by atoms with E-state index in [0.717, 1.165) is 16.6 Å². The van der Waals surface area contributed by atoms with Gasteiger partial charge in [0.05, 0.1) is 36.4 Å². The maximum atomic E-state index is 12.9. The number of benzene rings is 3. The van der Waals surface area contributed by atoms with Crippen molar-refractivity contribution in [1.29, 1.82) is 5.41 Å². The number of amides is 1. The van der Waals surface area contributed by atoms with Crippen LogP contribution in [0.15, 0.2) is 79.1 Å². The fourth-order valence-corrected chi connectivity index (χ4v) is 3.88. The van der Waals surface area contributed by atoms with Crippen LogP contribution in [0, 0.1) is 5.41 Å². The van der Waals surface area contributed by atoms with E-state index in [1.807, 2.05) is 47.0 Å². The molecule has 9 nitrogen and oxygen atoms in total. The summed E-state index contributed by atoms with van der Waals surface area (Å²) in [5.41, 5.74) is 9.37. The largest absolute Gasteiger partial charge is 0.466 e. The van der Waals surface area contributed by atoms with Crippen molar-refractivity contribution in [2.24, 2.45) is 5.73 Å². The topological polar surface area (TPSA) is 135 Å². The zero-order valence-electron chi connectivity index (χ0n) is 19.2. The minimum absolute atomic E-state index is 0.149. The number of nitrogens with one attached hydrogen (secondary N) is 3. The molecule has 1 amide bonds. The van der Waals surface area contributed by atoms with Crippen LogP contribution in [0.5, 0.6) is 0 Å². The number of hydrogen-bond donors (Lipinski definition) is 4.